The van der Waals surface area contributed by atoms with Gasteiger partial charge in [-0.3, -0.25) is 0 Å². The summed E-state index contributed by atoms with van der Waals surface area (Å²) in [6, 6.07) is 0.687. The molecule has 0 amide bonds. The van der Waals surface area contributed by atoms with Gasteiger partial charge in [0.1, 0.15) is 5.51 Å². The molecule has 2 aliphatic carbocycles. The molecule has 3 atom stereocenters. The number of hydrogen-bond donors (Lipinski definition) is 1. The number of fused-ring (bicyclic) bond motifs is 2. The number of rotatable bonds is 2. The highest BCUT2D eigenvalue weighted by atomic mass is 32.1. The minimum Gasteiger partial charge on any atom is -0.357 e. The van der Waals surface area contributed by atoms with Crippen molar-refractivity contribution in [3.05, 3.63) is 5.51 Å². The topological polar surface area (TPSA) is 37.8 Å². The Bertz CT molecular complexity index is 285. The summed E-state index contributed by atoms with van der Waals surface area (Å²) in [5.41, 5.74) is 1.79. The summed E-state index contributed by atoms with van der Waals surface area (Å²) in [5.74, 6) is 1.91. The van der Waals surface area contributed by atoms with Crippen LogP contribution in [0.5, 0.6) is 0 Å². The van der Waals surface area contributed by atoms with Crippen molar-refractivity contribution in [3.8, 4) is 0 Å². The second kappa shape index (κ2) is 2.94. The molecule has 3 unspecified atom stereocenters. The van der Waals surface area contributed by atoms with E-state index in [-0.39, 0.29) is 0 Å². The second-order valence-electron chi connectivity index (χ2n) is 4.17. The lowest BCUT2D eigenvalue weighted by molar-refractivity contribution is 0.439. The van der Waals surface area contributed by atoms with Crippen LogP contribution in [0.25, 0.3) is 0 Å². The van der Waals surface area contributed by atoms with Crippen molar-refractivity contribution in [3.63, 3.8) is 0 Å². The van der Waals surface area contributed by atoms with Crippen LogP contribution in [0, 0.1) is 11.8 Å². The van der Waals surface area contributed by atoms with E-state index in [1.165, 1.54) is 25.7 Å². The molecule has 1 aromatic heterocycles. The minimum atomic E-state index is 0.687. The SMILES string of the molecule is c1nnc(NC2CC3CCC2C3)s1. The first kappa shape index (κ1) is 7.74. The van der Waals surface area contributed by atoms with Gasteiger partial charge in [0.15, 0.2) is 0 Å². The van der Waals surface area contributed by atoms with E-state index in [0.29, 0.717) is 6.04 Å². The summed E-state index contributed by atoms with van der Waals surface area (Å²) in [5, 5.41) is 12.3. The number of nitrogens with zero attached hydrogens (tertiary/aromatic N) is 2. The van der Waals surface area contributed by atoms with Gasteiger partial charge in [-0.15, -0.1) is 10.2 Å². The lowest BCUT2D eigenvalue weighted by Gasteiger charge is -2.21. The highest BCUT2D eigenvalue weighted by molar-refractivity contribution is 7.13. The monoisotopic (exact) mass is 195 g/mol. The van der Waals surface area contributed by atoms with Gasteiger partial charge in [0.05, 0.1) is 0 Å². The Morgan fingerprint density at radius 1 is 1.38 bits per heavy atom. The molecule has 2 fully saturated rings. The Labute approximate surface area is 81.6 Å². The number of anilines is 1. The molecule has 0 spiro atoms. The van der Waals surface area contributed by atoms with Gasteiger partial charge in [-0.2, -0.15) is 0 Å². The molecule has 2 saturated carbocycles. The zero-order valence-corrected chi connectivity index (χ0v) is 8.26. The smallest absolute Gasteiger partial charge is 0.205 e. The standard InChI is InChI=1S/C9H13N3S/c1-2-7-3-6(1)4-8(7)11-9-12-10-5-13-9/h5-8H,1-4H2,(H,11,12). The molecule has 0 radical (unpaired) electrons. The van der Waals surface area contributed by atoms with Crippen LogP contribution in [0.3, 0.4) is 0 Å². The molecule has 0 aromatic carbocycles. The third-order valence-corrected chi connectivity index (χ3v) is 4.03. The maximum absolute atomic E-state index is 4.02. The van der Waals surface area contributed by atoms with E-state index in [4.69, 9.17) is 0 Å². The fraction of sp³-hybridized carbons (Fsp3) is 0.778. The summed E-state index contributed by atoms with van der Waals surface area (Å²) < 4.78 is 0. The van der Waals surface area contributed by atoms with Crippen molar-refractivity contribution in [1.82, 2.24) is 10.2 Å². The summed E-state index contributed by atoms with van der Waals surface area (Å²) in [7, 11) is 0. The van der Waals surface area contributed by atoms with Crippen molar-refractivity contribution in [2.75, 3.05) is 5.32 Å². The van der Waals surface area contributed by atoms with E-state index in [0.717, 1.165) is 17.0 Å². The Balaban J connectivity index is 1.68. The zero-order chi connectivity index (χ0) is 8.67. The Morgan fingerprint density at radius 3 is 3.00 bits per heavy atom. The van der Waals surface area contributed by atoms with Crippen LogP contribution < -0.4 is 5.32 Å². The van der Waals surface area contributed by atoms with Crippen LogP contribution in [-0.2, 0) is 0 Å². The second-order valence-corrected chi connectivity index (χ2v) is 5.00. The van der Waals surface area contributed by atoms with Crippen LogP contribution in [0.2, 0.25) is 0 Å². The van der Waals surface area contributed by atoms with E-state index < -0.39 is 0 Å². The van der Waals surface area contributed by atoms with Crippen molar-refractivity contribution in [1.29, 1.82) is 0 Å². The number of hydrogen-bond acceptors (Lipinski definition) is 4. The quantitative estimate of drug-likeness (QED) is 0.785. The van der Waals surface area contributed by atoms with Crippen LogP contribution >= 0.6 is 11.3 Å². The largest absolute Gasteiger partial charge is 0.357 e. The van der Waals surface area contributed by atoms with Crippen molar-refractivity contribution >= 4 is 16.5 Å². The van der Waals surface area contributed by atoms with Crippen LogP contribution in [0.1, 0.15) is 25.7 Å². The minimum absolute atomic E-state index is 0.687. The van der Waals surface area contributed by atoms with Gasteiger partial charge in [-0.05, 0) is 31.1 Å². The Kier molecular flexibility index (Phi) is 1.75. The van der Waals surface area contributed by atoms with E-state index >= 15 is 0 Å². The maximum Gasteiger partial charge on any atom is 0.205 e. The molecule has 0 aliphatic heterocycles. The fourth-order valence-corrected chi connectivity index (χ4v) is 3.32. The summed E-state index contributed by atoms with van der Waals surface area (Å²) in [4.78, 5) is 0. The maximum atomic E-state index is 4.02. The molecule has 3 rings (SSSR count). The first-order chi connectivity index (χ1) is 6.42. The predicted molar refractivity (Wildman–Crippen MR) is 52.8 cm³/mol. The summed E-state index contributed by atoms with van der Waals surface area (Å²) >= 11 is 1.60. The molecular weight excluding hydrogens is 182 g/mol. The Morgan fingerprint density at radius 2 is 2.38 bits per heavy atom. The molecule has 2 aliphatic rings. The molecule has 4 heteroatoms. The molecule has 2 bridgehead atoms. The van der Waals surface area contributed by atoms with Gasteiger partial charge in [0, 0.05) is 6.04 Å². The van der Waals surface area contributed by atoms with E-state index in [1.807, 2.05) is 0 Å². The summed E-state index contributed by atoms with van der Waals surface area (Å²) in [6.45, 7) is 0. The number of nitrogens with one attached hydrogen (secondary N) is 1. The van der Waals surface area contributed by atoms with Gasteiger partial charge >= 0.3 is 0 Å². The highest BCUT2D eigenvalue weighted by Crippen LogP contribution is 2.45. The summed E-state index contributed by atoms with van der Waals surface area (Å²) in [6.07, 6.45) is 5.67. The average Bonchev–Trinajstić information content (AvgIpc) is 2.77. The lowest BCUT2D eigenvalue weighted by atomic mass is 9.96. The van der Waals surface area contributed by atoms with Crippen LogP contribution in [0.4, 0.5) is 5.13 Å². The Hall–Kier alpha value is -0.640. The first-order valence-corrected chi connectivity index (χ1v) is 5.82. The fourth-order valence-electron chi connectivity index (χ4n) is 2.82. The molecule has 70 valence electrons. The van der Waals surface area contributed by atoms with Crippen LogP contribution in [0.15, 0.2) is 5.51 Å². The molecule has 0 saturated heterocycles. The molecule has 1 N–H and O–H groups in total. The number of aromatic nitrogens is 2. The first-order valence-electron chi connectivity index (χ1n) is 4.94. The molecule has 1 aromatic rings. The average molecular weight is 195 g/mol. The van der Waals surface area contributed by atoms with Crippen LogP contribution in [-0.4, -0.2) is 16.2 Å². The van der Waals surface area contributed by atoms with Gasteiger partial charge < -0.3 is 5.32 Å². The van der Waals surface area contributed by atoms with Crippen molar-refractivity contribution in [2.24, 2.45) is 11.8 Å². The van der Waals surface area contributed by atoms with Gasteiger partial charge in [-0.25, -0.2) is 0 Å². The van der Waals surface area contributed by atoms with E-state index in [1.54, 1.807) is 16.8 Å². The molecule has 3 nitrogen and oxygen atoms in total. The molecule has 1 heterocycles. The van der Waals surface area contributed by atoms with Gasteiger partial charge in [0.2, 0.25) is 5.13 Å². The van der Waals surface area contributed by atoms with E-state index in [2.05, 4.69) is 15.5 Å². The molecule has 13 heavy (non-hydrogen) atoms. The third-order valence-electron chi connectivity index (χ3n) is 3.41. The third kappa shape index (κ3) is 1.33. The van der Waals surface area contributed by atoms with E-state index in [9.17, 15) is 0 Å². The van der Waals surface area contributed by atoms with Gasteiger partial charge in [-0.1, -0.05) is 17.8 Å². The normalized spacial score (nSPS) is 36.8. The van der Waals surface area contributed by atoms with Gasteiger partial charge in [0.25, 0.3) is 0 Å². The highest BCUT2D eigenvalue weighted by Gasteiger charge is 2.39. The predicted octanol–water partition coefficient (Wildman–Crippen LogP) is 2.14. The lowest BCUT2D eigenvalue weighted by Crippen LogP contribution is -2.25. The van der Waals surface area contributed by atoms with Crippen molar-refractivity contribution in [2.45, 2.75) is 31.7 Å². The van der Waals surface area contributed by atoms with Crippen molar-refractivity contribution < 1.29 is 0 Å². The zero-order valence-electron chi connectivity index (χ0n) is 7.44. The molecular formula is C9H13N3S.